The summed E-state index contributed by atoms with van der Waals surface area (Å²) in [5, 5.41) is 6.10. The summed E-state index contributed by atoms with van der Waals surface area (Å²) >= 11 is 0. The van der Waals surface area contributed by atoms with Crippen molar-refractivity contribution in [3.05, 3.63) is 24.0 Å². The molecule has 1 saturated heterocycles. The lowest BCUT2D eigenvalue weighted by atomic mass is 9.99. The van der Waals surface area contributed by atoms with Crippen LogP contribution in [0.1, 0.15) is 25.7 Å². The zero-order chi connectivity index (χ0) is 14.7. The summed E-state index contributed by atoms with van der Waals surface area (Å²) < 4.78 is 19.0. The van der Waals surface area contributed by atoms with Crippen LogP contribution in [0.25, 0.3) is 0 Å². The van der Waals surface area contributed by atoms with Crippen LogP contribution < -0.4 is 15.4 Å². The van der Waals surface area contributed by atoms with Gasteiger partial charge in [-0.3, -0.25) is 4.79 Å². The van der Waals surface area contributed by atoms with Gasteiger partial charge in [0.25, 0.3) is 0 Å². The molecule has 1 amide bonds. The first-order valence-electron chi connectivity index (χ1n) is 7.66. The second kappa shape index (κ2) is 7.79. The van der Waals surface area contributed by atoms with Gasteiger partial charge in [-0.2, -0.15) is 0 Å². The molecule has 1 aromatic rings. The number of rotatable bonds is 5. The number of ether oxygens (including phenoxy) is 1. The Labute approximate surface area is 136 Å². The first-order valence-corrected chi connectivity index (χ1v) is 7.66. The average Bonchev–Trinajstić information content (AvgIpc) is 3.32. The van der Waals surface area contributed by atoms with Crippen LogP contribution >= 0.6 is 12.4 Å². The number of benzene rings is 1. The molecule has 3 rings (SSSR count). The van der Waals surface area contributed by atoms with E-state index in [2.05, 4.69) is 10.6 Å². The van der Waals surface area contributed by atoms with Gasteiger partial charge in [0.05, 0.1) is 18.2 Å². The van der Waals surface area contributed by atoms with Gasteiger partial charge in [0.2, 0.25) is 5.91 Å². The van der Waals surface area contributed by atoms with Gasteiger partial charge >= 0.3 is 0 Å². The fourth-order valence-corrected chi connectivity index (χ4v) is 2.52. The smallest absolute Gasteiger partial charge is 0.228 e. The predicted molar refractivity (Wildman–Crippen MR) is 86.1 cm³/mol. The lowest BCUT2D eigenvalue weighted by Gasteiger charge is -2.22. The molecule has 2 N–H and O–H groups in total. The van der Waals surface area contributed by atoms with Crippen LogP contribution in [0, 0.1) is 17.7 Å². The number of piperidine rings is 1. The minimum Gasteiger partial charge on any atom is -0.491 e. The Morgan fingerprint density at radius 2 is 2.18 bits per heavy atom. The highest BCUT2D eigenvalue weighted by Crippen LogP contribution is 2.32. The maximum absolute atomic E-state index is 13.4. The number of carbonyl (C=O) groups is 1. The van der Waals surface area contributed by atoms with Gasteiger partial charge in [-0.05, 0) is 50.3 Å². The summed E-state index contributed by atoms with van der Waals surface area (Å²) in [6.45, 7) is 2.26. The normalized spacial score (nSPS) is 20.9. The van der Waals surface area contributed by atoms with Crippen molar-refractivity contribution in [3.8, 4) is 5.75 Å². The second-order valence-corrected chi connectivity index (χ2v) is 5.93. The zero-order valence-electron chi connectivity index (χ0n) is 12.4. The van der Waals surface area contributed by atoms with Crippen molar-refractivity contribution in [2.24, 2.45) is 11.8 Å². The highest BCUT2D eigenvalue weighted by atomic mass is 35.5. The Hall–Kier alpha value is -1.33. The summed E-state index contributed by atoms with van der Waals surface area (Å²) in [5.41, 5.74) is 0.563. The predicted octanol–water partition coefficient (Wildman–Crippen LogP) is 2.97. The van der Waals surface area contributed by atoms with Gasteiger partial charge in [0, 0.05) is 12.6 Å². The molecule has 0 aromatic heterocycles. The first kappa shape index (κ1) is 17.0. The van der Waals surface area contributed by atoms with Gasteiger partial charge in [-0.25, -0.2) is 4.39 Å². The van der Waals surface area contributed by atoms with Crippen LogP contribution in [0.2, 0.25) is 0 Å². The zero-order valence-corrected chi connectivity index (χ0v) is 13.3. The molecule has 122 valence electrons. The molecule has 0 spiro atoms. The maximum Gasteiger partial charge on any atom is 0.228 e. The molecule has 6 heteroatoms. The van der Waals surface area contributed by atoms with Gasteiger partial charge in [0.15, 0.2) is 0 Å². The topological polar surface area (TPSA) is 50.4 Å². The molecule has 2 fully saturated rings. The lowest BCUT2D eigenvalue weighted by molar-refractivity contribution is -0.120. The molecule has 1 saturated carbocycles. The summed E-state index contributed by atoms with van der Waals surface area (Å²) in [4.78, 5) is 12.3. The van der Waals surface area contributed by atoms with E-state index in [1.54, 1.807) is 6.07 Å². The van der Waals surface area contributed by atoms with E-state index in [1.807, 2.05) is 0 Å². The molecular formula is C16H22ClFN2O2. The minimum atomic E-state index is -0.349. The molecule has 22 heavy (non-hydrogen) atoms. The molecule has 2 aliphatic rings. The molecular weight excluding hydrogens is 307 g/mol. The number of anilines is 1. The Morgan fingerprint density at radius 1 is 1.36 bits per heavy atom. The van der Waals surface area contributed by atoms with Gasteiger partial charge < -0.3 is 15.4 Å². The maximum atomic E-state index is 13.4. The summed E-state index contributed by atoms with van der Waals surface area (Å²) in [6, 6.07) is 4.27. The van der Waals surface area contributed by atoms with Gasteiger partial charge in [-0.15, -0.1) is 12.4 Å². The Bertz CT molecular complexity index is 517. The number of hydrogen-bond donors (Lipinski definition) is 2. The average molecular weight is 329 g/mol. The molecule has 1 unspecified atom stereocenters. The lowest BCUT2D eigenvalue weighted by Crippen LogP contribution is -2.37. The van der Waals surface area contributed by atoms with Crippen LogP contribution in [0.3, 0.4) is 0 Å². The third-order valence-electron chi connectivity index (χ3n) is 4.04. The molecule has 4 nitrogen and oxygen atoms in total. The summed E-state index contributed by atoms with van der Waals surface area (Å²) in [7, 11) is 0. The molecule has 1 atom stereocenters. The standard InChI is InChI=1S/C16H21FN2O2.ClH/c17-13-5-6-14(15(8-13)21-10-11-3-4-11)19-16(20)12-2-1-7-18-9-12;/h5-6,8,11-12,18H,1-4,7,9-10H2,(H,19,20);1H. The van der Waals surface area contributed by atoms with E-state index in [9.17, 15) is 9.18 Å². The van der Waals surface area contributed by atoms with Gasteiger partial charge in [0.1, 0.15) is 11.6 Å². The van der Waals surface area contributed by atoms with Crippen LogP contribution in [-0.4, -0.2) is 25.6 Å². The van der Waals surface area contributed by atoms with E-state index in [0.29, 0.717) is 30.5 Å². The molecule has 1 aromatic carbocycles. The van der Waals surface area contributed by atoms with Crippen LogP contribution in [0.5, 0.6) is 5.75 Å². The van der Waals surface area contributed by atoms with E-state index in [4.69, 9.17) is 4.74 Å². The molecule has 1 heterocycles. The van der Waals surface area contributed by atoms with Crippen molar-refractivity contribution in [1.29, 1.82) is 0 Å². The molecule has 1 aliphatic carbocycles. The minimum absolute atomic E-state index is 0. The van der Waals surface area contributed by atoms with Gasteiger partial charge in [-0.1, -0.05) is 0 Å². The van der Waals surface area contributed by atoms with E-state index >= 15 is 0 Å². The van der Waals surface area contributed by atoms with Crippen LogP contribution in [0.15, 0.2) is 18.2 Å². The molecule has 0 radical (unpaired) electrons. The quantitative estimate of drug-likeness (QED) is 0.873. The fraction of sp³-hybridized carbons (Fsp3) is 0.562. The largest absolute Gasteiger partial charge is 0.491 e. The number of amides is 1. The van der Waals surface area contributed by atoms with Crippen molar-refractivity contribution < 1.29 is 13.9 Å². The Kier molecular flexibility index (Phi) is 6.03. The van der Waals surface area contributed by atoms with Crippen molar-refractivity contribution >= 4 is 24.0 Å². The SMILES string of the molecule is Cl.O=C(Nc1ccc(F)cc1OCC1CC1)C1CCCNC1. The summed E-state index contributed by atoms with van der Waals surface area (Å²) in [6.07, 6.45) is 4.24. The van der Waals surface area contributed by atoms with E-state index in [-0.39, 0.29) is 30.0 Å². The third-order valence-corrected chi connectivity index (χ3v) is 4.04. The highest BCUT2D eigenvalue weighted by molar-refractivity contribution is 5.94. The van der Waals surface area contributed by atoms with Crippen molar-refractivity contribution in [1.82, 2.24) is 5.32 Å². The Balaban J connectivity index is 0.00000176. The van der Waals surface area contributed by atoms with Crippen molar-refractivity contribution in [2.75, 3.05) is 25.0 Å². The summed E-state index contributed by atoms with van der Waals surface area (Å²) in [5.74, 6) is 0.613. The monoisotopic (exact) mass is 328 g/mol. The number of halogens is 2. The van der Waals surface area contributed by atoms with Crippen molar-refractivity contribution in [2.45, 2.75) is 25.7 Å². The second-order valence-electron chi connectivity index (χ2n) is 5.93. The van der Waals surface area contributed by atoms with Crippen LogP contribution in [-0.2, 0) is 4.79 Å². The number of carbonyl (C=O) groups excluding carboxylic acids is 1. The van der Waals surface area contributed by atoms with E-state index < -0.39 is 0 Å². The molecule has 0 bridgehead atoms. The van der Waals surface area contributed by atoms with Crippen LogP contribution in [0.4, 0.5) is 10.1 Å². The van der Waals surface area contributed by atoms with E-state index in [0.717, 1.165) is 19.4 Å². The number of hydrogen-bond acceptors (Lipinski definition) is 3. The number of nitrogens with one attached hydrogen (secondary N) is 2. The third kappa shape index (κ3) is 4.58. The Morgan fingerprint density at radius 3 is 2.86 bits per heavy atom. The fourth-order valence-electron chi connectivity index (χ4n) is 2.52. The van der Waals surface area contributed by atoms with E-state index in [1.165, 1.54) is 25.0 Å². The van der Waals surface area contributed by atoms with Crippen molar-refractivity contribution in [3.63, 3.8) is 0 Å². The molecule has 1 aliphatic heterocycles. The highest BCUT2D eigenvalue weighted by Gasteiger charge is 2.24. The first-order chi connectivity index (χ1) is 10.2.